The minimum Gasteiger partial charge on any atom is -0.349 e. The summed E-state index contributed by atoms with van der Waals surface area (Å²) >= 11 is 0. The molecule has 78 valence electrons. The molecule has 1 rings (SSSR count). The van der Waals surface area contributed by atoms with Crippen molar-refractivity contribution in [2.24, 2.45) is 0 Å². The zero-order valence-electron chi connectivity index (χ0n) is 8.72. The Kier molecular flexibility index (Phi) is 3.58. The number of hydrogen-bond donors (Lipinski definition) is 3. The average Bonchev–Trinajstić information content (AvgIpc) is 2.10. The molecule has 6 nitrogen and oxygen atoms in total. The molecular weight excluding hydrogens is 182 g/mol. The van der Waals surface area contributed by atoms with Crippen LogP contribution in [0.4, 0.5) is 5.95 Å². The minimum atomic E-state index is -0.195. The van der Waals surface area contributed by atoms with E-state index < -0.39 is 0 Å². The second-order valence-electron chi connectivity index (χ2n) is 3.47. The molecule has 0 saturated heterocycles. The summed E-state index contributed by atoms with van der Waals surface area (Å²) in [6.45, 7) is 3.34. The van der Waals surface area contributed by atoms with E-state index in [1.807, 2.05) is 0 Å². The number of likely N-dealkylation sites (N-methyl/N-ethyl adjacent to an activating group) is 1. The topological polar surface area (TPSA) is 75.1 Å². The van der Waals surface area contributed by atoms with Crippen LogP contribution in [0.3, 0.4) is 0 Å². The van der Waals surface area contributed by atoms with E-state index in [-0.39, 0.29) is 5.56 Å². The van der Waals surface area contributed by atoms with E-state index >= 15 is 0 Å². The maximum Gasteiger partial charge on any atom is 0.273 e. The van der Waals surface area contributed by atoms with Crippen molar-refractivity contribution in [1.29, 1.82) is 0 Å². The standard InChI is InChI=1S/C8H15N5O/c1-6-7(14)10-8(12-11-6)9-4-5-13(2)3/h4-5H2,1-3H3,(H2,9,10,12,14)/p+1. The van der Waals surface area contributed by atoms with Gasteiger partial charge in [-0.1, -0.05) is 0 Å². The molecule has 0 spiro atoms. The zero-order valence-corrected chi connectivity index (χ0v) is 8.72. The van der Waals surface area contributed by atoms with Gasteiger partial charge in [-0.15, -0.1) is 10.2 Å². The van der Waals surface area contributed by atoms with Crippen LogP contribution in [0.1, 0.15) is 5.69 Å². The molecule has 0 amide bonds. The van der Waals surface area contributed by atoms with Gasteiger partial charge in [-0.25, -0.2) is 0 Å². The molecule has 0 atom stereocenters. The molecule has 14 heavy (non-hydrogen) atoms. The number of aromatic amines is 1. The van der Waals surface area contributed by atoms with E-state index in [0.29, 0.717) is 11.6 Å². The number of aromatic nitrogens is 3. The van der Waals surface area contributed by atoms with Gasteiger partial charge in [-0.2, -0.15) is 0 Å². The molecule has 3 N–H and O–H groups in total. The third kappa shape index (κ3) is 3.14. The molecule has 1 aromatic heterocycles. The summed E-state index contributed by atoms with van der Waals surface area (Å²) in [5.74, 6) is 0.432. The summed E-state index contributed by atoms with van der Waals surface area (Å²) in [7, 11) is 4.12. The fourth-order valence-electron chi connectivity index (χ4n) is 0.904. The van der Waals surface area contributed by atoms with E-state index in [0.717, 1.165) is 13.1 Å². The third-order valence-corrected chi connectivity index (χ3v) is 1.78. The molecule has 0 radical (unpaired) electrons. The Morgan fingerprint density at radius 1 is 1.43 bits per heavy atom. The van der Waals surface area contributed by atoms with Crippen LogP contribution in [0.15, 0.2) is 4.79 Å². The predicted molar refractivity (Wildman–Crippen MR) is 53.6 cm³/mol. The first-order valence-electron chi connectivity index (χ1n) is 4.56. The number of rotatable bonds is 4. The predicted octanol–water partition coefficient (Wildman–Crippen LogP) is -1.97. The Morgan fingerprint density at radius 3 is 2.71 bits per heavy atom. The highest BCUT2D eigenvalue weighted by atomic mass is 16.1. The number of anilines is 1. The zero-order chi connectivity index (χ0) is 10.6. The van der Waals surface area contributed by atoms with Crippen LogP contribution in [0.2, 0.25) is 0 Å². The van der Waals surface area contributed by atoms with Crippen LogP contribution in [0.5, 0.6) is 0 Å². The SMILES string of the molecule is Cc1nnc(NCC[NH+](C)C)[nH]c1=O. The van der Waals surface area contributed by atoms with E-state index in [9.17, 15) is 4.79 Å². The van der Waals surface area contributed by atoms with Crippen LogP contribution >= 0.6 is 0 Å². The Labute approximate surface area is 82.4 Å². The van der Waals surface area contributed by atoms with Crippen LogP contribution in [-0.2, 0) is 0 Å². The summed E-state index contributed by atoms with van der Waals surface area (Å²) in [5.41, 5.74) is 0.188. The lowest BCUT2D eigenvalue weighted by atomic mass is 10.5. The van der Waals surface area contributed by atoms with Crippen molar-refractivity contribution >= 4 is 5.95 Å². The number of nitrogens with zero attached hydrogens (tertiary/aromatic N) is 2. The van der Waals surface area contributed by atoms with Crippen molar-refractivity contribution in [3.8, 4) is 0 Å². The molecule has 0 aliphatic rings. The van der Waals surface area contributed by atoms with Crippen molar-refractivity contribution in [3.63, 3.8) is 0 Å². The Morgan fingerprint density at radius 2 is 2.14 bits per heavy atom. The number of nitrogens with one attached hydrogen (secondary N) is 3. The fraction of sp³-hybridized carbons (Fsp3) is 0.625. The molecule has 0 saturated carbocycles. The summed E-state index contributed by atoms with van der Waals surface area (Å²) < 4.78 is 0. The molecule has 6 heteroatoms. The monoisotopic (exact) mass is 198 g/mol. The van der Waals surface area contributed by atoms with Crippen LogP contribution in [-0.4, -0.2) is 42.4 Å². The number of H-pyrrole nitrogens is 1. The highest BCUT2D eigenvalue weighted by Crippen LogP contribution is 1.88. The molecule has 0 aromatic carbocycles. The van der Waals surface area contributed by atoms with Crippen LogP contribution in [0.25, 0.3) is 0 Å². The highest BCUT2D eigenvalue weighted by molar-refractivity contribution is 5.20. The fourth-order valence-corrected chi connectivity index (χ4v) is 0.904. The smallest absolute Gasteiger partial charge is 0.273 e. The molecule has 0 aliphatic carbocycles. The van der Waals surface area contributed by atoms with Gasteiger partial charge in [0.05, 0.1) is 27.2 Å². The van der Waals surface area contributed by atoms with E-state index in [4.69, 9.17) is 0 Å². The maximum absolute atomic E-state index is 11.1. The molecule has 0 bridgehead atoms. The summed E-state index contributed by atoms with van der Waals surface area (Å²) in [6.07, 6.45) is 0. The van der Waals surface area contributed by atoms with Gasteiger partial charge >= 0.3 is 0 Å². The Hall–Kier alpha value is -1.43. The van der Waals surface area contributed by atoms with Crippen molar-refractivity contribution < 1.29 is 4.90 Å². The number of aryl methyl sites for hydroxylation is 1. The number of hydrogen-bond acceptors (Lipinski definition) is 4. The third-order valence-electron chi connectivity index (χ3n) is 1.78. The first kappa shape index (κ1) is 10.6. The molecular formula is C8H16N5O+. The quantitative estimate of drug-likeness (QED) is 0.524. The minimum absolute atomic E-state index is 0.195. The average molecular weight is 198 g/mol. The van der Waals surface area contributed by atoms with Gasteiger partial charge in [0.2, 0.25) is 5.95 Å². The van der Waals surface area contributed by atoms with Gasteiger partial charge in [0.25, 0.3) is 5.56 Å². The van der Waals surface area contributed by atoms with Crippen molar-refractivity contribution in [1.82, 2.24) is 15.2 Å². The molecule has 1 heterocycles. The first-order chi connectivity index (χ1) is 6.59. The molecule has 1 aromatic rings. The van der Waals surface area contributed by atoms with E-state index in [1.165, 1.54) is 4.90 Å². The molecule has 0 fully saturated rings. The van der Waals surface area contributed by atoms with Gasteiger partial charge in [-0.05, 0) is 6.92 Å². The first-order valence-corrected chi connectivity index (χ1v) is 4.56. The summed E-state index contributed by atoms with van der Waals surface area (Å²) in [4.78, 5) is 15.1. The lowest BCUT2D eigenvalue weighted by Gasteiger charge is -2.07. The Balaban J connectivity index is 2.52. The lowest BCUT2D eigenvalue weighted by molar-refractivity contribution is -0.856. The van der Waals surface area contributed by atoms with Gasteiger partial charge in [0, 0.05) is 0 Å². The van der Waals surface area contributed by atoms with Gasteiger partial charge in [0.15, 0.2) is 0 Å². The van der Waals surface area contributed by atoms with E-state index in [1.54, 1.807) is 6.92 Å². The van der Waals surface area contributed by atoms with Crippen LogP contribution in [0, 0.1) is 6.92 Å². The number of quaternary nitrogens is 1. The molecule has 0 unspecified atom stereocenters. The van der Waals surface area contributed by atoms with Crippen molar-refractivity contribution in [2.75, 3.05) is 32.5 Å². The summed E-state index contributed by atoms with van der Waals surface area (Å²) in [5, 5.41) is 10.5. The largest absolute Gasteiger partial charge is 0.349 e. The van der Waals surface area contributed by atoms with Crippen molar-refractivity contribution in [3.05, 3.63) is 16.0 Å². The maximum atomic E-state index is 11.1. The van der Waals surface area contributed by atoms with Crippen LogP contribution < -0.4 is 15.8 Å². The normalized spacial score (nSPS) is 10.6. The van der Waals surface area contributed by atoms with Gasteiger partial charge in [-0.3, -0.25) is 9.78 Å². The Bertz CT molecular complexity index is 346. The van der Waals surface area contributed by atoms with Gasteiger partial charge in [0.1, 0.15) is 5.69 Å². The lowest BCUT2D eigenvalue weighted by Crippen LogP contribution is -3.06. The van der Waals surface area contributed by atoms with Gasteiger partial charge < -0.3 is 10.2 Å². The summed E-state index contributed by atoms with van der Waals surface area (Å²) in [6, 6.07) is 0. The molecule has 0 aliphatic heterocycles. The van der Waals surface area contributed by atoms with E-state index in [2.05, 4.69) is 34.6 Å². The van der Waals surface area contributed by atoms with Crippen molar-refractivity contribution in [2.45, 2.75) is 6.92 Å². The second-order valence-corrected chi connectivity index (χ2v) is 3.47. The highest BCUT2D eigenvalue weighted by Gasteiger charge is 1.99. The second kappa shape index (κ2) is 4.71.